The lowest BCUT2D eigenvalue weighted by molar-refractivity contribution is -0.150. The average Bonchev–Trinajstić information content (AvgIpc) is 1.68. The summed E-state index contributed by atoms with van der Waals surface area (Å²) in [6.07, 6.45) is 12.3. The lowest BCUT2D eigenvalue weighted by atomic mass is 9.80. The molecule has 10 N–H and O–H groups in total. The third kappa shape index (κ3) is 20.3. The zero-order valence-corrected chi connectivity index (χ0v) is 63.8. The Balaban J connectivity index is 0.000000160. The van der Waals surface area contributed by atoms with Crippen LogP contribution in [0.4, 0.5) is 31.8 Å². The van der Waals surface area contributed by atoms with Gasteiger partial charge in [-0.1, -0.05) is 65.2 Å². The van der Waals surface area contributed by atoms with Gasteiger partial charge in [0.1, 0.15) is 0 Å². The number of carbonyl (C=O) groups excluding carboxylic acids is 8. The number of primary amides is 1. The van der Waals surface area contributed by atoms with E-state index in [-0.39, 0.29) is 97.4 Å². The Hall–Kier alpha value is -9.67. The summed E-state index contributed by atoms with van der Waals surface area (Å²) < 4.78 is 14.2. The van der Waals surface area contributed by atoms with Crippen LogP contribution in [0.25, 0.3) is 32.7 Å². The number of benzene rings is 4. The first-order valence-corrected chi connectivity index (χ1v) is 38.4. The normalized spacial score (nSPS) is 20.9. The molecule has 3 aliphatic heterocycles. The van der Waals surface area contributed by atoms with Crippen LogP contribution in [-0.4, -0.2) is 212 Å². The first-order valence-electron chi connectivity index (χ1n) is 38.4. The van der Waals surface area contributed by atoms with Crippen LogP contribution in [0.2, 0.25) is 0 Å². The molecule has 6 fully saturated rings. The van der Waals surface area contributed by atoms with E-state index in [4.69, 9.17) is 15.2 Å². The molecule has 576 valence electrons. The molecular formula is C79H110N18O10. The number of ether oxygens (including phenoxy) is 2. The molecule has 28 nitrogen and oxygen atoms in total. The zero-order valence-electron chi connectivity index (χ0n) is 63.8. The molecule has 7 aromatic rings. The van der Waals surface area contributed by atoms with E-state index in [1.54, 1.807) is 6.07 Å². The van der Waals surface area contributed by atoms with Gasteiger partial charge in [0.15, 0.2) is 17.5 Å². The van der Waals surface area contributed by atoms with Crippen LogP contribution in [0.15, 0.2) is 84.9 Å². The molecule has 0 unspecified atom stereocenters. The van der Waals surface area contributed by atoms with Crippen molar-refractivity contribution in [2.45, 2.75) is 200 Å². The molecule has 3 aliphatic carbocycles. The van der Waals surface area contributed by atoms with Gasteiger partial charge < -0.3 is 57.7 Å². The second kappa shape index (κ2) is 35.4. The molecule has 13 rings (SSSR count). The molecule has 3 saturated heterocycles. The monoisotopic (exact) mass is 1470 g/mol. The first kappa shape index (κ1) is 78.4. The van der Waals surface area contributed by atoms with E-state index < -0.39 is 11.6 Å². The van der Waals surface area contributed by atoms with Gasteiger partial charge in [-0.2, -0.15) is 14.0 Å². The molecular weight excluding hydrogens is 1360 g/mol. The van der Waals surface area contributed by atoms with Crippen molar-refractivity contribution >= 4 is 97.9 Å². The fraction of sp³-hybridized carbons (Fsp3) is 0.557. The number of aromatic nitrogens is 6. The number of rotatable bonds is 21. The van der Waals surface area contributed by atoms with Crippen molar-refractivity contribution < 1.29 is 47.8 Å². The van der Waals surface area contributed by atoms with Gasteiger partial charge in [0.25, 0.3) is 0 Å². The highest BCUT2D eigenvalue weighted by molar-refractivity contribution is 6.00. The Bertz CT molecular complexity index is 4270. The van der Waals surface area contributed by atoms with E-state index in [0.717, 1.165) is 128 Å². The topological polar surface area (TPSA) is 340 Å². The molecule has 3 aromatic heterocycles. The quantitative estimate of drug-likeness (QED) is 0.0303. The minimum atomic E-state index is -0.674. The predicted octanol–water partition coefficient (Wildman–Crippen LogP) is 8.89. The van der Waals surface area contributed by atoms with Crippen molar-refractivity contribution in [2.24, 2.45) is 17.6 Å². The number of aryl methyl sites for hydroxylation is 3. The summed E-state index contributed by atoms with van der Waals surface area (Å²) in [4.78, 5) is 106. The highest BCUT2D eigenvalue weighted by Gasteiger charge is 2.40. The second-order valence-electron chi connectivity index (χ2n) is 31.1. The number of nitrogens with zero attached hydrogens (tertiary/aromatic N) is 9. The standard InChI is InChI=1S/C29H38N6O2.C27H40N6O4.C23H32N6O4/c1-19(2)31-29(37)35-26-14-9-20(3)15-25(26)28(33-35)30-16-27(36)32-23-17-34(18-23)24-12-10-22(11-13-24)21-7-5-4-6-8-21;1-6-37-25(35)18-8-10-20(11-9-18)32-15-19(16-32)29-23(34)14-28-24-21-13-17(2)7-12-22(21)33(31-24)26(36)30-27(3,4)5;1-3-33-22(31)15-5-7-17(8-6-15)28-12-16(13-28)26-20(30)11-25-21-18-10-14(2)4-9-19(18)29(27-21)23(24)32/h4-9,14-15,19,22-24H,10-13,16-18H2,1-3H3,(H,30,33)(H,31,37)(H,32,36);7,12-13,18-20H,6,8-11,14-16H2,1-5H3,(H,28,31)(H,29,34)(H,30,36);4,9-10,15-17H,3,5-8,11-13H2,1-2H3,(H2,24,32)(H,25,27)(H,26,30). The Labute approximate surface area is 626 Å². The minimum absolute atomic E-state index is 0.000304. The summed E-state index contributed by atoms with van der Waals surface area (Å²) in [5.41, 5.74) is 11.6. The van der Waals surface area contributed by atoms with Crippen LogP contribution in [0.3, 0.4) is 0 Å². The highest BCUT2D eigenvalue weighted by Crippen LogP contribution is 2.37. The number of likely N-dealkylation sites (tertiary alicyclic amines) is 3. The van der Waals surface area contributed by atoms with Crippen molar-refractivity contribution in [3.05, 3.63) is 107 Å². The highest BCUT2D eigenvalue weighted by atomic mass is 16.5. The lowest BCUT2D eigenvalue weighted by Gasteiger charge is -2.46. The summed E-state index contributed by atoms with van der Waals surface area (Å²) >= 11 is 0. The largest absolute Gasteiger partial charge is 0.466 e. The van der Waals surface area contributed by atoms with Crippen molar-refractivity contribution in [1.82, 2.24) is 70.6 Å². The molecule has 0 atom stereocenters. The predicted molar refractivity (Wildman–Crippen MR) is 413 cm³/mol. The fourth-order valence-electron chi connectivity index (χ4n) is 15.7. The smallest absolute Gasteiger partial charge is 0.343 e. The van der Waals surface area contributed by atoms with E-state index in [1.807, 2.05) is 118 Å². The van der Waals surface area contributed by atoms with Gasteiger partial charge in [0.05, 0.1) is 79.4 Å². The van der Waals surface area contributed by atoms with E-state index in [0.29, 0.717) is 71.3 Å². The zero-order chi connectivity index (χ0) is 76.2. The number of carbonyl (C=O) groups is 8. The molecule has 6 aliphatic rings. The van der Waals surface area contributed by atoms with Gasteiger partial charge in [0, 0.05) is 85.1 Å². The third-order valence-electron chi connectivity index (χ3n) is 21.2. The second-order valence-corrected chi connectivity index (χ2v) is 31.1. The van der Waals surface area contributed by atoms with Crippen molar-refractivity contribution in [1.29, 1.82) is 0 Å². The molecule has 0 bridgehead atoms. The lowest BCUT2D eigenvalue weighted by Crippen LogP contribution is -2.63. The number of esters is 2. The van der Waals surface area contributed by atoms with E-state index in [9.17, 15) is 38.4 Å². The number of nitrogens with one attached hydrogen (secondary N) is 8. The third-order valence-corrected chi connectivity index (χ3v) is 21.2. The van der Waals surface area contributed by atoms with Gasteiger partial charge in [-0.05, 0) is 194 Å². The van der Waals surface area contributed by atoms with Crippen LogP contribution in [0.5, 0.6) is 0 Å². The number of hydrogen-bond donors (Lipinski definition) is 9. The van der Waals surface area contributed by atoms with Crippen LogP contribution >= 0.6 is 0 Å². The summed E-state index contributed by atoms with van der Waals surface area (Å²) in [7, 11) is 0. The van der Waals surface area contributed by atoms with Gasteiger partial charge in [-0.15, -0.1) is 15.3 Å². The average molecular weight is 1470 g/mol. The number of hydrogen-bond acceptors (Lipinski definition) is 19. The number of anilines is 3. The van der Waals surface area contributed by atoms with E-state index >= 15 is 0 Å². The molecule has 6 amide bonds. The number of fused-ring (bicyclic) bond motifs is 3. The van der Waals surface area contributed by atoms with Crippen LogP contribution < -0.4 is 48.3 Å². The Morgan fingerprint density at radius 2 is 0.822 bits per heavy atom. The summed E-state index contributed by atoms with van der Waals surface area (Å²) in [5, 5.41) is 40.0. The van der Waals surface area contributed by atoms with Crippen molar-refractivity contribution in [2.75, 3.05) is 88.1 Å². The molecule has 3 saturated carbocycles. The maximum atomic E-state index is 12.8. The molecule has 107 heavy (non-hydrogen) atoms. The van der Waals surface area contributed by atoms with Gasteiger partial charge >= 0.3 is 30.0 Å². The van der Waals surface area contributed by atoms with Gasteiger partial charge in [-0.3, -0.25) is 38.7 Å². The Morgan fingerprint density at radius 3 is 1.17 bits per heavy atom. The maximum Gasteiger partial charge on any atom is 0.343 e. The molecule has 28 heteroatoms. The SMILES string of the molecule is CCOC(=O)C1CCC(N2CC(NC(=O)CNc3nn(C(=O)NC(C)(C)C)c4ccc(C)cc34)C2)CC1.CCOC(=O)C1CCC(N2CC(NC(=O)CNc3nn(C(N)=O)c4ccc(C)cc34)C2)CC1.Cc1ccc2c(c1)c(NCC(=O)NC1CN(C3CCC(c4ccccc4)CC3)C1)nn2C(=O)NC(C)C. The van der Waals surface area contributed by atoms with Crippen LogP contribution in [0, 0.1) is 32.6 Å². The Morgan fingerprint density at radius 1 is 0.477 bits per heavy atom. The summed E-state index contributed by atoms with van der Waals surface area (Å²) in [6, 6.07) is 28.7. The first-order chi connectivity index (χ1) is 51.3. The molecule has 0 radical (unpaired) electrons. The van der Waals surface area contributed by atoms with E-state index in [2.05, 4.69) is 103 Å². The van der Waals surface area contributed by atoms with Gasteiger partial charge in [-0.25, -0.2) is 14.4 Å². The van der Waals surface area contributed by atoms with Crippen LogP contribution in [0.1, 0.15) is 154 Å². The van der Waals surface area contributed by atoms with Crippen molar-refractivity contribution in [3.63, 3.8) is 0 Å². The molecule has 4 aromatic carbocycles. The Kier molecular flexibility index (Phi) is 25.9. The number of amides is 6. The summed E-state index contributed by atoms with van der Waals surface area (Å²) in [6.45, 7) is 25.4. The number of nitrogens with two attached hydrogens (primary N) is 1. The summed E-state index contributed by atoms with van der Waals surface area (Å²) in [5.74, 6) is 1.82. The van der Waals surface area contributed by atoms with Crippen molar-refractivity contribution in [3.8, 4) is 0 Å². The van der Waals surface area contributed by atoms with E-state index in [1.165, 1.54) is 40.6 Å². The molecule has 6 heterocycles. The minimum Gasteiger partial charge on any atom is -0.466 e. The molecule has 0 spiro atoms. The van der Waals surface area contributed by atoms with Gasteiger partial charge in [0.2, 0.25) is 17.7 Å². The fourth-order valence-corrected chi connectivity index (χ4v) is 15.7. The maximum absolute atomic E-state index is 12.8. The van der Waals surface area contributed by atoms with Crippen LogP contribution in [-0.2, 0) is 33.4 Å².